The lowest BCUT2D eigenvalue weighted by Gasteiger charge is -2.08. The van der Waals surface area contributed by atoms with Gasteiger partial charge in [-0.3, -0.25) is 4.79 Å². The minimum atomic E-state index is -0.337. The number of nitrogens with zero attached hydrogens (tertiary/aromatic N) is 1. The van der Waals surface area contributed by atoms with Crippen LogP contribution in [0.5, 0.6) is 17.2 Å². The second-order valence-electron chi connectivity index (χ2n) is 7.34. The first-order valence-electron chi connectivity index (χ1n) is 11.2. The van der Waals surface area contributed by atoms with E-state index in [-0.39, 0.29) is 12.5 Å². The normalized spacial score (nSPS) is 10.7. The summed E-state index contributed by atoms with van der Waals surface area (Å²) in [7, 11) is 0. The minimum Gasteiger partial charge on any atom is -0.494 e. The zero-order valence-electron chi connectivity index (χ0n) is 18.9. The van der Waals surface area contributed by atoms with Crippen LogP contribution in [0.15, 0.2) is 66.3 Å². The third-order valence-corrected chi connectivity index (χ3v) is 4.61. The van der Waals surface area contributed by atoms with Gasteiger partial charge in [-0.25, -0.2) is 5.43 Å². The standard InChI is InChI=1S/C26H34N2O4/c1-3-5-6-7-8-9-19-31-24-14-16-25(17-15-24)32-21-26(29)28-27-20-22-10-12-23(13-11-22)30-18-4-2/h4,10-17,20H,2-3,5-9,18-19,21H2,1H3,(H,28,29)/b27-20-. The van der Waals surface area contributed by atoms with Gasteiger partial charge in [-0.15, -0.1) is 0 Å². The van der Waals surface area contributed by atoms with E-state index in [1.807, 2.05) is 36.4 Å². The molecule has 32 heavy (non-hydrogen) atoms. The molecule has 2 aromatic carbocycles. The number of benzene rings is 2. The van der Waals surface area contributed by atoms with E-state index in [1.54, 1.807) is 24.4 Å². The summed E-state index contributed by atoms with van der Waals surface area (Å²) in [5.74, 6) is 1.82. The van der Waals surface area contributed by atoms with E-state index in [0.29, 0.717) is 12.4 Å². The van der Waals surface area contributed by atoms with Crippen LogP contribution in [-0.4, -0.2) is 31.9 Å². The molecule has 0 spiro atoms. The summed E-state index contributed by atoms with van der Waals surface area (Å²) in [6, 6.07) is 14.6. The molecule has 2 rings (SSSR count). The summed E-state index contributed by atoms with van der Waals surface area (Å²) >= 11 is 0. The Labute approximate surface area is 191 Å². The zero-order chi connectivity index (χ0) is 22.9. The summed E-state index contributed by atoms with van der Waals surface area (Å²) in [6.45, 7) is 6.89. The molecule has 1 amide bonds. The topological polar surface area (TPSA) is 69.2 Å². The van der Waals surface area contributed by atoms with E-state index in [0.717, 1.165) is 30.1 Å². The predicted molar refractivity (Wildman–Crippen MR) is 129 cm³/mol. The maximum absolute atomic E-state index is 11.9. The molecule has 0 unspecified atom stereocenters. The van der Waals surface area contributed by atoms with Crippen LogP contribution < -0.4 is 19.6 Å². The van der Waals surface area contributed by atoms with Crippen LogP contribution in [0.1, 0.15) is 51.0 Å². The van der Waals surface area contributed by atoms with Crippen LogP contribution in [-0.2, 0) is 4.79 Å². The van der Waals surface area contributed by atoms with Crippen LogP contribution in [0.3, 0.4) is 0 Å². The molecule has 0 fully saturated rings. The molecule has 0 aromatic heterocycles. The van der Waals surface area contributed by atoms with Crippen molar-refractivity contribution >= 4 is 12.1 Å². The molecule has 0 saturated carbocycles. The second-order valence-corrected chi connectivity index (χ2v) is 7.34. The van der Waals surface area contributed by atoms with Crippen LogP contribution in [0.25, 0.3) is 0 Å². The molecule has 0 radical (unpaired) electrons. The molecule has 6 heteroatoms. The average molecular weight is 439 g/mol. The molecule has 0 saturated heterocycles. The molecule has 0 aliphatic rings. The van der Waals surface area contributed by atoms with Crippen LogP contribution in [0.2, 0.25) is 0 Å². The van der Waals surface area contributed by atoms with Gasteiger partial charge in [0.2, 0.25) is 0 Å². The molecule has 0 aliphatic carbocycles. The molecular weight excluding hydrogens is 404 g/mol. The summed E-state index contributed by atoms with van der Waals surface area (Å²) in [6.07, 6.45) is 10.7. The Hall–Kier alpha value is -3.28. The van der Waals surface area contributed by atoms with Gasteiger partial charge < -0.3 is 14.2 Å². The van der Waals surface area contributed by atoms with Crippen LogP contribution in [0, 0.1) is 0 Å². The Bertz CT molecular complexity index is 817. The molecule has 6 nitrogen and oxygen atoms in total. The summed E-state index contributed by atoms with van der Waals surface area (Å²) in [5.41, 5.74) is 3.29. The van der Waals surface area contributed by atoms with Gasteiger partial charge in [-0.05, 0) is 60.5 Å². The highest BCUT2D eigenvalue weighted by Crippen LogP contribution is 2.18. The highest BCUT2D eigenvalue weighted by molar-refractivity contribution is 5.83. The van der Waals surface area contributed by atoms with Gasteiger partial charge in [0, 0.05) is 0 Å². The van der Waals surface area contributed by atoms with E-state index in [1.165, 1.54) is 32.1 Å². The second kappa shape index (κ2) is 15.5. The van der Waals surface area contributed by atoms with Crippen molar-refractivity contribution < 1.29 is 19.0 Å². The van der Waals surface area contributed by atoms with Crippen molar-refractivity contribution in [1.29, 1.82) is 0 Å². The van der Waals surface area contributed by atoms with Gasteiger partial charge >= 0.3 is 0 Å². The molecule has 0 bridgehead atoms. The first kappa shape index (κ1) is 25.0. The molecule has 0 atom stereocenters. The molecule has 1 N–H and O–H groups in total. The summed E-state index contributed by atoms with van der Waals surface area (Å²) in [5, 5.41) is 3.94. The van der Waals surface area contributed by atoms with E-state index >= 15 is 0 Å². The number of ether oxygens (including phenoxy) is 3. The molecule has 172 valence electrons. The lowest BCUT2D eigenvalue weighted by Crippen LogP contribution is -2.24. The largest absolute Gasteiger partial charge is 0.494 e. The van der Waals surface area contributed by atoms with E-state index in [9.17, 15) is 4.79 Å². The first-order chi connectivity index (χ1) is 15.7. The number of hydrogen-bond donors (Lipinski definition) is 1. The first-order valence-corrected chi connectivity index (χ1v) is 11.2. The van der Waals surface area contributed by atoms with Gasteiger partial charge in [-0.2, -0.15) is 5.10 Å². The smallest absolute Gasteiger partial charge is 0.277 e. The fourth-order valence-electron chi connectivity index (χ4n) is 2.87. The van der Waals surface area contributed by atoms with Crippen LogP contribution >= 0.6 is 0 Å². The van der Waals surface area contributed by atoms with Crippen molar-refractivity contribution in [3.63, 3.8) is 0 Å². The number of nitrogens with one attached hydrogen (secondary N) is 1. The van der Waals surface area contributed by atoms with Gasteiger partial charge in [0.1, 0.15) is 23.9 Å². The Balaban J connectivity index is 1.62. The van der Waals surface area contributed by atoms with Gasteiger partial charge in [0.15, 0.2) is 6.61 Å². The van der Waals surface area contributed by atoms with Crippen molar-refractivity contribution in [2.75, 3.05) is 19.8 Å². The number of carbonyl (C=O) groups excluding carboxylic acids is 1. The van der Waals surface area contributed by atoms with E-state index < -0.39 is 0 Å². The molecule has 0 aliphatic heterocycles. The highest BCUT2D eigenvalue weighted by atomic mass is 16.5. The number of rotatable bonds is 16. The lowest BCUT2D eigenvalue weighted by molar-refractivity contribution is -0.123. The summed E-state index contributed by atoms with van der Waals surface area (Å²) in [4.78, 5) is 11.9. The van der Waals surface area contributed by atoms with E-state index in [2.05, 4.69) is 24.0 Å². The van der Waals surface area contributed by atoms with Crippen molar-refractivity contribution in [2.45, 2.75) is 45.4 Å². The van der Waals surface area contributed by atoms with Crippen molar-refractivity contribution in [3.8, 4) is 17.2 Å². The van der Waals surface area contributed by atoms with Gasteiger partial charge in [0.25, 0.3) is 5.91 Å². The Morgan fingerprint density at radius 2 is 1.47 bits per heavy atom. The number of hydrazone groups is 1. The molecule has 0 heterocycles. The quantitative estimate of drug-likeness (QED) is 0.162. The Kier molecular flexibility index (Phi) is 12.1. The Morgan fingerprint density at radius 3 is 2.16 bits per heavy atom. The zero-order valence-corrected chi connectivity index (χ0v) is 18.9. The maximum Gasteiger partial charge on any atom is 0.277 e. The predicted octanol–water partition coefficient (Wildman–Crippen LogP) is 5.52. The maximum atomic E-state index is 11.9. The third-order valence-electron chi connectivity index (χ3n) is 4.61. The van der Waals surface area contributed by atoms with Crippen molar-refractivity contribution in [1.82, 2.24) is 5.43 Å². The number of hydrogen-bond acceptors (Lipinski definition) is 5. The molecular formula is C26H34N2O4. The monoisotopic (exact) mass is 438 g/mol. The van der Waals surface area contributed by atoms with Gasteiger partial charge in [0.05, 0.1) is 12.8 Å². The Morgan fingerprint density at radius 1 is 0.875 bits per heavy atom. The lowest BCUT2D eigenvalue weighted by atomic mass is 10.1. The molecule has 2 aromatic rings. The van der Waals surface area contributed by atoms with E-state index in [4.69, 9.17) is 14.2 Å². The average Bonchev–Trinajstić information content (AvgIpc) is 2.82. The summed E-state index contributed by atoms with van der Waals surface area (Å²) < 4.78 is 16.7. The van der Waals surface area contributed by atoms with Gasteiger partial charge in [-0.1, -0.05) is 51.7 Å². The number of carbonyl (C=O) groups is 1. The number of amides is 1. The third kappa shape index (κ3) is 10.7. The highest BCUT2D eigenvalue weighted by Gasteiger charge is 2.02. The van der Waals surface area contributed by atoms with Crippen molar-refractivity contribution in [3.05, 3.63) is 66.7 Å². The van der Waals surface area contributed by atoms with Crippen LogP contribution in [0.4, 0.5) is 0 Å². The number of unbranched alkanes of at least 4 members (excludes halogenated alkanes) is 5. The fourth-order valence-corrected chi connectivity index (χ4v) is 2.87. The fraction of sp³-hybridized carbons (Fsp3) is 0.385. The minimum absolute atomic E-state index is 0.121. The SMILES string of the molecule is C=CCOc1ccc(/C=N\NC(=O)COc2ccc(OCCCCCCCC)cc2)cc1. The van der Waals surface area contributed by atoms with Crippen molar-refractivity contribution in [2.24, 2.45) is 5.10 Å².